The summed E-state index contributed by atoms with van der Waals surface area (Å²) in [7, 11) is 0. The number of hydrogen-bond donors (Lipinski definition) is 1. The highest BCUT2D eigenvalue weighted by atomic mass is 35.5. The van der Waals surface area contributed by atoms with Gasteiger partial charge in [0.15, 0.2) is 0 Å². The molecule has 0 aromatic heterocycles. The number of anilines is 2. The summed E-state index contributed by atoms with van der Waals surface area (Å²) in [5, 5.41) is 3.30. The first kappa shape index (κ1) is 23.4. The number of para-hydroxylation sites is 1. The lowest BCUT2D eigenvalue weighted by atomic mass is 10.0. The van der Waals surface area contributed by atoms with E-state index in [-0.39, 0.29) is 12.0 Å². The van der Waals surface area contributed by atoms with Crippen molar-refractivity contribution in [1.82, 2.24) is 0 Å². The third kappa shape index (κ3) is 8.15. The molecule has 0 amide bonds. The Labute approximate surface area is 184 Å². The number of nitrogens with one attached hydrogen (secondary N) is 1. The van der Waals surface area contributed by atoms with Crippen molar-refractivity contribution >= 4 is 40.5 Å². The maximum atomic E-state index is 12.3. The van der Waals surface area contributed by atoms with Crippen molar-refractivity contribution < 1.29 is 9.53 Å². The lowest BCUT2D eigenvalue weighted by Gasteiger charge is -2.23. The van der Waals surface area contributed by atoms with Crippen molar-refractivity contribution in [3.63, 3.8) is 0 Å². The molecule has 2 rings (SSSR count). The first-order valence-corrected chi connectivity index (χ1v) is 11.2. The van der Waals surface area contributed by atoms with E-state index in [1.54, 1.807) is 0 Å². The second-order valence-electron chi connectivity index (χ2n) is 6.74. The maximum Gasteiger partial charge on any atom is 0.328 e. The molecule has 0 aliphatic carbocycles. The number of nitrogens with zero attached hydrogens (tertiary/aromatic N) is 1. The largest absolute Gasteiger partial charge is 0.464 e. The van der Waals surface area contributed by atoms with Crippen LogP contribution in [0.3, 0.4) is 0 Å². The van der Waals surface area contributed by atoms with Gasteiger partial charge in [0.05, 0.1) is 6.61 Å². The number of hydrogen-bond acceptors (Lipinski definition) is 4. The first-order chi connectivity index (χ1) is 14.2. The molecule has 158 valence electrons. The van der Waals surface area contributed by atoms with E-state index in [0.29, 0.717) is 24.8 Å². The van der Waals surface area contributed by atoms with Gasteiger partial charge in [-0.25, -0.2) is 4.79 Å². The summed E-state index contributed by atoms with van der Waals surface area (Å²) in [5.41, 5.74) is 3.30. The van der Waals surface area contributed by atoms with Gasteiger partial charge in [0.25, 0.3) is 0 Å². The van der Waals surface area contributed by atoms with E-state index in [0.717, 1.165) is 37.3 Å². The van der Waals surface area contributed by atoms with E-state index in [1.807, 2.05) is 37.3 Å². The molecule has 0 aliphatic heterocycles. The van der Waals surface area contributed by atoms with E-state index in [1.165, 1.54) is 5.56 Å². The Morgan fingerprint density at radius 3 is 2.28 bits per heavy atom. The molecule has 1 N–H and O–H groups in total. The number of benzene rings is 2. The minimum Gasteiger partial charge on any atom is -0.464 e. The maximum absolute atomic E-state index is 12.3. The number of esters is 1. The summed E-state index contributed by atoms with van der Waals surface area (Å²) in [5.74, 6) is 0.939. The Morgan fingerprint density at radius 2 is 1.69 bits per heavy atom. The standard InChI is InChI=1S/C23H30Cl2N2O2/c1-2-29-23(28)22(26-20-8-4-3-5-9-20)10-6-7-19-11-13-21(14-12-19)27(17-15-24)18-16-25/h3-5,8-9,11-14,22,26H,2,6-7,10,15-18H2,1H3. The van der Waals surface area contributed by atoms with E-state index in [2.05, 4.69) is 34.5 Å². The molecule has 0 spiro atoms. The SMILES string of the molecule is CCOC(=O)C(CCCc1ccc(N(CCCl)CCCl)cc1)Nc1ccccc1. The lowest BCUT2D eigenvalue weighted by molar-refractivity contribution is -0.144. The van der Waals surface area contributed by atoms with Crippen LogP contribution in [-0.2, 0) is 16.0 Å². The smallest absolute Gasteiger partial charge is 0.328 e. The second-order valence-corrected chi connectivity index (χ2v) is 7.49. The average Bonchev–Trinajstić information content (AvgIpc) is 2.74. The molecule has 0 fully saturated rings. The van der Waals surface area contributed by atoms with Crippen molar-refractivity contribution in [2.24, 2.45) is 0 Å². The zero-order valence-electron chi connectivity index (χ0n) is 16.9. The molecule has 29 heavy (non-hydrogen) atoms. The fourth-order valence-corrected chi connectivity index (χ4v) is 3.59. The van der Waals surface area contributed by atoms with Crippen LogP contribution in [0.1, 0.15) is 25.3 Å². The Hall–Kier alpha value is -1.91. The van der Waals surface area contributed by atoms with Crippen LogP contribution < -0.4 is 10.2 Å². The topological polar surface area (TPSA) is 41.6 Å². The molecule has 1 atom stereocenters. The average molecular weight is 437 g/mol. The number of carbonyl (C=O) groups excluding carboxylic acids is 1. The van der Waals surface area contributed by atoms with Crippen LogP contribution in [0.15, 0.2) is 54.6 Å². The van der Waals surface area contributed by atoms with Crippen LogP contribution in [0.5, 0.6) is 0 Å². The van der Waals surface area contributed by atoms with Crippen molar-refractivity contribution in [2.45, 2.75) is 32.2 Å². The van der Waals surface area contributed by atoms with Crippen LogP contribution in [0.25, 0.3) is 0 Å². The quantitative estimate of drug-likeness (QED) is 0.340. The number of alkyl halides is 2. The van der Waals surface area contributed by atoms with Gasteiger partial charge in [-0.2, -0.15) is 0 Å². The van der Waals surface area contributed by atoms with Gasteiger partial charge in [0, 0.05) is 36.2 Å². The lowest BCUT2D eigenvalue weighted by Crippen LogP contribution is -2.31. The fourth-order valence-electron chi connectivity index (χ4n) is 3.19. The summed E-state index contributed by atoms with van der Waals surface area (Å²) >= 11 is 11.8. The molecular weight excluding hydrogens is 407 g/mol. The van der Waals surface area contributed by atoms with Crippen LogP contribution >= 0.6 is 23.2 Å². The first-order valence-electron chi connectivity index (χ1n) is 10.1. The normalized spacial score (nSPS) is 11.7. The molecule has 1 unspecified atom stereocenters. The highest BCUT2D eigenvalue weighted by molar-refractivity contribution is 6.18. The highest BCUT2D eigenvalue weighted by Crippen LogP contribution is 2.18. The Kier molecular flexibility index (Phi) is 10.7. The minimum absolute atomic E-state index is 0.204. The van der Waals surface area contributed by atoms with Gasteiger partial charge in [-0.15, -0.1) is 23.2 Å². The molecule has 2 aromatic rings. The molecule has 0 bridgehead atoms. The predicted molar refractivity (Wildman–Crippen MR) is 124 cm³/mol. The zero-order chi connectivity index (χ0) is 20.9. The molecule has 0 saturated carbocycles. The highest BCUT2D eigenvalue weighted by Gasteiger charge is 2.19. The van der Waals surface area contributed by atoms with Crippen molar-refractivity contribution in [1.29, 1.82) is 0 Å². The van der Waals surface area contributed by atoms with Crippen LogP contribution in [0.2, 0.25) is 0 Å². The number of rotatable bonds is 13. The summed E-state index contributed by atoms with van der Waals surface area (Å²) in [6, 6.07) is 17.9. The van der Waals surface area contributed by atoms with Crippen molar-refractivity contribution in [2.75, 3.05) is 41.7 Å². The van der Waals surface area contributed by atoms with Crippen molar-refractivity contribution in [3.05, 3.63) is 60.2 Å². The predicted octanol–water partition coefficient (Wildman–Crippen LogP) is 5.34. The van der Waals surface area contributed by atoms with E-state index in [9.17, 15) is 4.79 Å². The van der Waals surface area contributed by atoms with E-state index >= 15 is 0 Å². The molecule has 0 aliphatic rings. The Morgan fingerprint density at radius 1 is 1.03 bits per heavy atom. The number of aryl methyl sites for hydroxylation is 1. The summed E-state index contributed by atoms with van der Waals surface area (Å²) in [6.07, 6.45) is 2.49. The van der Waals surface area contributed by atoms with Gasteiger partial charge in [0.2, 0.25) is 0 Å². The molecule has 4 nitrogen and oxygen atoms in total. The van der Waals surface area contributed by atoms with Crippen molar-refractivity contribution in [3.8, 4) is 0 Å². The van der Waals surface area contributed by atoms with Gasteiger partial charge in [-0.1, -0.05) is 30.3 Å². The molecule has 2 aromatic carbocycles. The van der Waals surface area contributed by atoms with Crippen LogP contribution in [0, 0.1) is 0 Å². The molecule has 0 saturated heterocycles. The van der Waals surface area contributed by atoms with Gasteiger partial charge in [-0.3, -0.25) is 0 Å². The summed E-state index contributed by atoms with van der Waals surface area (Å²) in [4.78, 5) is 14.5. The zero-order valence-corrected chi connectivity index (χ0v) is 18.5. The second kappa shape index (κ2) is 13.3. The van der Waals surface area contributed by atoms with Crippen LogP contribution in [-0.4, -0.2) is 43.5 Å². The molecule has 6 heteroatoms. The molecular formula is C23H30Cl2N2O2. The third-order valence-corrected chi connectivity index (χ3v) is 4.99. The Bertz CT molecular complexity index is 705. The number of ether oxygens (including phenoxy) is 1. The summed E-state index contributed by atoms with van der Waals surface area (Å²) < 4.78 is 5.24. The van der Waals surface area contributed by atoms with Gasteiger partial charge in [-0.05, 0) is 56.0 Å². The fraction of sp³-hybridized carbons (Fsp3) is 0.435. The number of halogens is 2. The van der Waals surface area contributed by atoms with E-state index < -0.39 is 0 Å². The van der Waals surface area contributed by atoms with Gasteiger partial charge in [0.1, 0.15) is 6.04 Å². The van der Waals surface area contributed by atoms with Gasteiger partial charge >= 0.3 is 5.97 Å². The molecule has 0 heterocycles. The monoisotopic (exact) mass is 436 g/mol. The molecule has 0 radical (unpaired) electrons. The van der Waals surface area contributed by atoms with E-state index in [4.69, 9.17) is 27.9 Å². The summed E-state index contributed by atoms with van der Waals surface area (Å²) in [6.45, 7) is 3.77. The Balaban J connectivity index is 1.91. The minimum atomic E-state index is -0.348. The third-order valence-electron chi connectivity index (χ3n) is 4.65. The van der Waals surface area contributed by atoms with Crippen LogP contribution in [0.4, 0.5) is 11.4 Å². The number of carbonyl (C=O) groups is 1. The van der Waals surface area contributed by atoms with Gasteiger partial charge < -0.3 is 15.0 Å².